The molecule has 1 amide bonds. The Morgan fingerprint density at radius 3 is 2.86 bits per heavy atom. The number of unbranched alkanes of at least 4 members (excludes halogenated alkanes) is 1. The number of rotatable bonds is 6. The molecule has 5 heteroatoms. The van der Waals surface area contributed by atoms with E-state index in [1.807, 2.05) is 6.92 Å². The van der Waals surface area contributed by atoms with E-state index in [1.54, 1.807) is 12.1 Å². The minimum atomic E-state index is -0.216. The summed E-state index contributed by atoms with van der Waals surface area (Å²) in [6, 6.07) is 3.24. The Kier molecular flexibility index (Phi) is 5.23. The van der Waals surface area contributed by atoms with Gasteiger partial charge in [0.2, 0.25) is 0 Å². The predicted octanol–water partition coefficient (Wildman–Crippen LogP) is 4.07. The summed E-state index contributed by atoms with van der Waals surface area (Å²) in [6.45, 7) is 4.09. The van der Waals surface area contributed by atoms with Crippen LogP contribution in [0.3, 0.4) is 0 Å². The van der Waals surface area contributed by atoms with Crippen LogP contribution in [0.4, 0.5) is 5.69 Å². The Balaban J connectivity index is 2.27. The fraction of sp³-hybridized carbons (Fsp3) is 0.500. The van der Waals surface area contributed by atoms with Gasteiger partial charge in [0.05, 0.1) is 10.7 Å². The molecule has 0 aliphatic carbocycles. The SMILES string of the molecule is CCCCC(CC)C(=O)c1cc2c(cc1Cl)NC(=O)CO2. The first-order valence-electron chi connectivity index (χ1n) is 7.37. The van der Waals surface area contributed by atoms with Gasteiger partial charge < -0.3 is 10.1 Å². The Labute approximate surface area is 129 Å². The molecule has 1 aromatic rings. The number of Topliss-reactive ketones (excluding diaryl/α,β-unsaturated/α-hetero) is 1. The first kappa shape index (κ1) is 15.8. The van der Waals surface area contributed by atoms with E-state index in [2.05, 4.69) is 12.2 Å². The van der Waals surface area contributed by atoms with Crippen LogP contribution in [0.15, 0.2) is 12.1 Å². The number of hydrogen-bond acceptors (Lipinski definition) is 3. The van der Waals surface area contributed by atoms with Crippen LogP contribution in [0, 0.1) is 5.92 Å². The Morgan fingerprint density at radius 2 is 2.19 bits per heavy atom. The smallest absolute Gasteiger partial charge is 0.262 e. The van der Waals surface area contributed by atoms with Crippen LogP contribution in [0.1, 0.15) is 49.9 Å². The fourth-order valence-corrected chi connectivity index (χ4v) is 2.74. The Hall–Kier alpha value is -1.55. The van der Waals surface area contributed by atoms with Crippen molar-refractivity contribution in [1.29, 1.82) is 0 Å². The summed E-state index contributed by atoms with van der Waals surface area (Å²) in [5.74, 6) is 0.331. The van der Waals surface area contributed by atoms with Crippen molar-refractivity contribution in [3.05, 3.63) is 22.7 Å². The third kappa shape index (κ3) is 3.56. The molecule has 1 aliphatic heterocycles. The number of hydrogen-bond donors (Lipinski definition) is 1. The number of amides is 1. The zero-order valence-corrected chi connectivity index (χ0v) is 13.1. The molecular weight excluding hydrogens is 290 g/mol. The first-order chi connectivity index (χ1) is 10.1. The van der Waals surface area contributed by atoms with Crippen LogP contribution in [0.2, 0.25) is 5.02 Å². The van der Waals surface area contributed by atoms with Crippen LogP contribution in [-0.4, -0.2) is 18.3 Å². The van der Waals surface area contributed by atoms with Crippen molar-refractivity contribution in [2.45, 2.75) is 39.5 Å². The molecule has 1 N–H and O–H groups in total. The van der Waals surface area contributed by atoms with Gasteiger partial charge in [-0.15, -0.1) is 0 Å². The summed E-state index contributed by atoms with van der Waals surface area (Å²) >= 11 is 6.21. The largest absolute Gasteiger partial charge is 0.482 e. The Morgan fingerprint density at radius 1 is 1.43 bits per heavy atom. The molecule has 1 unspecified atom stereocenters. The minimum absolute atomic E-state index is 0.0151. The first-order valence-corrected chi connectivity index (χ1v) is 7.75. The number of halogens is 1. The van der Waals surface area contributed by atoms with Crippen LogP contribution in [0.5, 0.6) is 5.75 Å². The van der Waals surface area contributed by atoms with E-state index < -0.39 is 0 Å². The van der Waals surface area contributed by atoms with Crippen LogP contribution in [-0.2, 0) is 4.79 Å². The topological polar surface area (TPSA) is 55.4 Å². The molecular formula is C16H20ClNO3. The molecule has 0 spiro atoms. The second-order valence-corrected chi connectivity index (χ2v) is 5.68. The van der Waals surface area contributed by atoms with Crippen molar-refractivity contribution in [1.82, 2.24) is 0 Å². The molecule has 0 bridgehead atoms. The lowest BCUT2D eigenvalue weighted by molar-refractivity contribution is -0.118. The number of anilines is 1. The van der Waals surface area contributed by atoms with Gasteiger partial charge in [-0.25, -0.2) is 0 Å². The highest BCUT2D eigenvalue weighted by Gasteiger charge is 2.24. The van der Waals surface area contributed by atoms with E-state index in [1.165, 1.54) is 0 Å². The van der Waals surface area contributed by atoms with Gasteiger partial charge in [0.1, 0.15) is 5.75 Å². The minimum Gasteiger partial charge on any atom is -0.482 e. The molecule has 1 aromatic carbocycles. The summed E-state index contributed by atoms with van der Waals surface area (Å²) in [6.07, 6.45) is 3.76. The van der Waals surface area contributed by atoms with E-state index in [0.717, 1.165) is 25.7 Å². The highest BCUT2D eigenvalue weighted by Crippen LogP contribution is 2.35. The molecule has 114 valence electrons. The van der Waals surface area contributed by atoms with E-state index in [0.29, 0.717) is 22.0 Å². The summed E-state index contributed by atoms with van der Waals surface area (Å²) in [5, 5.41) is 3.05. The van der Waals surface area contributed by atoms with Gasteiger partial charge in [-0.3, -0.25) is 9.59 Å². The molecule has 0 fully saturated rings. The number of ether oxygens (including phenoxy) is 1. The van der Waals surface area contributed by atoms with Crippen LogP contribution >= 0.6 is 11.6 Å². The second kappa shape index (κ2) is 6.94. The molecule has 0 radical (unpaired) electrons. The third-order valence-corrected chi connectivity index (χ3v) is 4.05. The summed E-state index contributed by atoms with van der Waals surface area (Å²) in [7, 11) is 0. The number of fused-ring (bicyclic) bond motifs is 1. The predicted molar refractivity (Wildman–Crippen MR) is 83.2 cm³/mol. The number of carbonyl (C=O) groups excluding carboxylic acids is 2. The van der Waals surface area contributed by atoms with Crippen LogP contribution < -0.4 is 10.1 Å². The van der Waals surface area contributed by atoms with Gasteiger partial charge in [-0.2, -0.15) is 0 Å². The van der Waals surface area contributed by atoms with Crippen molar-refractivity contribution < 1.29 is 14.3 Å². The quantitative estimate of drug-likeness (QED) is 0.806. The maximum absolute atomic E-state index is 12.6. The lowest BCUT2D eigenvalue weighted by atomic mass is 9.90. The zero-order valence-electron chi connectivity index (χ0n) is 12.4. The molecule has 0 saturated carbocycles. The molecule has 0 saturated heterocycles. The van der Waals surface area contributed by atoms with Gasteiger partial charge in [0, 0.05) is 11.5 Å². The summed E-state index contributed by atoms with van der Waals surface area (Å²) in [5.41, 5.74) is 1.00. The maximum Gasteiger partial charge on any atom is 0.262 e. The number of ketones is 1. The lowest BCUT2D eigenvalue weighted by Crippen LogP contribution is -2.26. The third-order valence-electron chi connectivity index (χ3n) is 3.74. The average Bonchev–Trinajstić information content (AvgIpc) is 2.47. The van der Waals surface area contributed by atoms with Gasteiger partial charge >= 0.3 is 0 Å². The number of carbonyl (C=O) groups is 2. The standard InChI is InChI=1S/C16H20ClNO3/c1-3-5-6-10(4-2)16(20)11-7-14-13(8-12(11)17)18-15(19)9-21-14/h7-8,10H,3-6,9H2,1-2H3,(H,18,19). The van der Waals surface area contributed by atoms with E-state index in [9.17, 15) is 9.59 Å². The van der Waals surface area contributed by atoms with E-state index >= 15 is 0 Å². The van der Waals surface area contributed by atoms with Crippen molar-refractivity contribution in [2.24, 2.45) is 5.92 Å². The highest BCUT2D eigenvalue weighted by atomic mass is 35.5. The molecule has 1 aliphatic rings. The van der Waals surface area contributed by atoms with Gasteiger partial charge in [-0.1, -0.05) is 38.3 Å². The number of nitrogens with one attached hydrogen (secondary N) is 1. The highest BCUT2D eigenvalue weighted by molar-refractivity contribution is 6.34. The average molecular weight is 310 g/mol. The van der Waals surface area contributed by atoms with Gasteiger partial charge in [0.15, 0.2) is 12.4 Å². The molecule has 1 heterocycles. The van der Waals surface area contributed by atoms with Crippen molar-refractivity contribution in [3.8, 4) is 5.75 Å². The van der Waals surface area contributed by atoms with Crippen molar-refractivity contribution in [2.75, 3.05) is 11.9 Å². The van der Waals surface area contributed by atoms with Crippen molar-refractivity contribution in [3.63, 3.8) is 0 Å². The second-order valence-electron chi connectivity index (χ2n) is 5.28. The molecule has 21 heavy (non-hydrogen) atoms. The Bertz CT molecular complexity index is 557. The zero-order chi connectivity index (χ0) is 15.4. The fourth-order valence-electron chi connectivity index (χ4n) is 2.48. The van der Waals surface area contributed by atoms with Gasteiger partial charge in [0.25, 0.3) is 5.91 Å². The summed E-state index contributed by atoms with van der Waals surface area (Å²) < 4.78 is 5.35. The van der Waals surface area contributed by atoms with E-state index in [-0.39, 0.29) is 24.2 Å². The monoisotopic (exact) mass is 309 g/mol. The van der Waals surface area contributed by atoms with Gasteiger partial charge in [-0.05, 0) is 25.0 Å². The lowest BCUT2D eigenvalue weighted by Gasteiger charge is -2.20. The molecule has 2 rings (SSSR count). The normalized spacial score (nSPS) is 14.9. The summed E-state index contributed by atoms with van der Waals surface area (Å²) in [4.78, 5) is 23.9. The van der Waals surface area contributed by atoms with Crippen molar-refractivity contribution >= 4 is 29.0 Å². The molecule has 0 aromatic heterocycles. The number of benzene rings is 1. The maximum atomic E-state index is 12.6. The van der Waals surface area contributed by atoms with E-state index in [4.69, 9.17) is 16.3 Å². The molecule has 1 atom stereocenters. The molecule has 4 nitrogen and oxygen atoms in total. The van der Waals surface area contributed by atoms with Crippen LogP contribution in [0.25, 0.3) is 0 Å².